The Morgan fingerprint density at radius 2 is 2.35 bits per heavy atom. The third-order valence-electron chi connectivity index (χ3n) is 3.76. The van der Waals surface area contributed by atoms with Gasteiger partial charge in [-0.1, -0.05) is 26.3 Å². The van der Waals surface area contributed by atoms with Gasteiger partial charge in [-0.25, -0.2) is 0 Å². The lowest BCUT2D eigenvalue weighted by atomic mass is 9.91. The van der Waals surface area contributed by atoms with E-state index in [9.17, 15) is 0 Å². The van der Waals surface area contributed by atoms with E-state index < -0.39 is 0 Å². The quantitative estimate of drug-likeness (QED) is 0.838. The van der Waals surface area contributed by atoms with Gasteiger partial charge in [0, 0.05) is 18.3 Å². The van der Waals surface area contributed by atoms with Gasteiger partial charge in [-0.3, -0.25) is 4.98 Å². The Morgan fingerprint density at radius 3 is 3.12 bits per heavy atom. The Bertz CT molecular complexity index is 349. The third kappa shape index (κ3) is 3.06. The number of aromatic nitrogens is 1. The largest absolute Gasteiger partial charge is 0.306 e. The molecule has 1 N–H and O–H groups in total. The van der Waals surface area contributed by atoms with Crippen molar-refractivity contribution in [1.29, 1.82) is 0 Å². The first-order chi connectivity index (χ1) is 8.35. The maximum atomic E-state index is 4.59. The average molecular weight is 232 g/mol. The van der Waals surface area contributed by atoms with E-state index in [1.165, 1.54) is 49.8 Å². The van der Waals surface area contributed by atoms with E-state index in [1.54, 1.807) is 0 Å². The van der Waals surface area contributed by atoms with Crippen molar-refractivity contribution < 1.29 is 0 Å². The molecule has 1 aromatic heterocycles. The highest BCUT2D eigenvalue weighted by molar-refractivity contribution is 5.25. The predicted molar refractivity (Wildman–Crippen MR) is 72.0 cm³/mol. The number of rotatable bonds is 5. The molecule has 94 valence electrons. The summed E-state index contributed by atoms with van der Waals surface area (Å²) in [7, 11) is 0. The zero-order valence-electron chi connectivity index (χ0n) is 11.1. The molecule has 0 radical (unpaired) electrons. The van der Waals surface area contributed by atoms with E-state index >= 15 is 0 Å². The van der Waals surface area contributed by atoms with E-state index in [4.69, 9.17) is 0 Å². The molecule has 0 aliphatic heterocycles. The van der Waals surface area contributed by atoms with E-state index in [-0.39, 0.29) is 0 Å². The topological polar surface area (TPSA) is 24.9 Å². The second kappa shape index (κ2) is 6.15. The number of hydrogen-bond acceptors (Lipinski definition) is 2. The third-order valence-corrected chi connectivity index (χ3v) is 3.76. The number of pyridine rings is 1. The van der Waals surface area contributed by atoms with Crippen LogP contribution < -0.4 is 5.32 Å². The summed E-state index contributed by atoms with van der Waals surface area (Å²) in [5.41, 5.74) is 2.75. The first-order valence-electron chi connectivity index (χ1n) is 7.05. The summed E-state index contributed by atoms with van der Waals surface area (Å²) >= 11 is 0. The molecular weight excluding hydrogens is 208 g/mol. The molecule has 0 fully saturated rings. The molecule has 2 heteroatoms. The summed E-state index contributed by atoms with van der Waals surface area (Å²) in [4.78, 5) is 4.59. The van der Waals surface area contributed by atoms with Gasteiger partial charge in [-0.05, 0) is 43.7 Å². The molecule has 0 bridgehead atoms. The molecule has 0 saturated carbocycles. The van der Waals surface area contributed by atoms with Gasteiger partial charge in [0.2, 0.25) is 0 Å². The molecule has 17 heavy (non-hydrogen) atoms. The van der Waals surface area contributed by atoms with Crippen LogP contribution in [0.15, 0.2) is 18.3 Å². The van der Waals surface area contributed by atoms with Crippen LogP contribution in [0, 0.1) is 0 Å². The van der Waals surface area contributed by atoms with Crippen LogP contribution in [0.2, 0.25) is 0 Å². The molecule has 1 heterocycles. The first-order valence-corrected chi connectivity index (χ1v) is 7.05. The highest BCUT2D eigenvalue weighted by Crippen LogP contribution is 2.28. The van der Waals surface area contributed by atoms with Crippen molar-refractivity contribution in [2.75, 3.05) is 0 Å². The number of nitrogens with zero attached hydrogens (tertiary/aromatic N) is 1. The zero-order valence-corrected chi connectivity index (χ0v) is 11.1. The van der Waals surface area contributed by atoms with Crippen molar-refractivity contribution in [1.82, 2.24) is 10.3 Å². The molecule has 1 aromatic rings. The van der Waals surface area contributed by atoms with E-state index in [0.29, 0.717) is 12.1 Å². The second-order valence-electron chi connectivity index (χ2n) is 5.05. The number of hydrogen-bond donors (Lipinski definition) is 1. The Hall–Kier alpha value is -0.890. The van der Waals surface area contributed by atoms with E-state index in [0.717, 1.165) is 0 Å². The minimum absolute atomic E-state index is 0.483. The van der Waals surface area contributed by atoms with Gasteiger partial charge in [0.15, 0.2) is 0 Å². The van der Waals surface area contributed by atoms with Gasteiger partial charge < -0.3 is 5.32 Å². The van der Waals surface area contributed by atoms with Gasteiger partial charge in [0.25, 0.3) is 0 Å². The van der Waals surface area contributed by atoms with Crippen LogP contribution in [-0.4, -0.2) is 11.0 Å². The fourth-order valence-electron chi connectivity index (χ4n) is 2.81. The van der Waals surface area contributed by atoms with Gasteiger partial charge >= 0.3 is 0 Å². The van der Waals surface area contributed by atoms with Gasteiger partial charge in [0.05, 0.1) is 5.69 Å². The average Bonchev–Trinajstić information content (AvgIpc) is 2.38. The summed E-state index contributed by atoms with van der Waals surface area (Å²) in [5.74, 6) is 0. The summed E-state index contributed by atoms with van der Waals surface area (Å²) in [6.07, 6.45) is 9.41. The fraction of sp³-hybridized carbons (Fsp3) is 0.667. The number of nitrogens with one attached hydrogen (secondary N) is 1. The Kier molecular flexibility index (Phi) is 4.55. The summed E-state index contributed by atoms with van der Waals surface area (Å²) in [5, 5.41) is 3.80. The molecule has 1 aliphatic carbocycles. The zero-order chi connectivity index (χ0) is 12.1. The molecule has 0 aromatic carbocycles. The minimum Gasteiger partial charge on any atom is -0.306 e. The van der Waals surface area contributed by atoms with E-state index in [2.05, 4.69) is 36.3 Å². The lowest BCUT2D eigenvalue weighted by Crippen LogP contribution is -2.34. The minimum atomic E-state index is 0.483. The van der Waals surface area contributed by atoms with Crippen LogP contribution in [0.1, 0.15) is 63.3 Å². The SMILES string of the molecule is CCCC(CC)NC1CCCc2cccnc21. The normalized spacial score (nSPS) is 20.9. The summed E-state index contributed by atoms with van der Waals surface area (Å²) in [6.45, 7) is 4.53. The monoisotopic (exact) mass is 232 g/mol. The predicted octanol–water partition coefficient (Wildman–Crippen LogP) is 3.63. The number of fused-ring (bicyclic) bond motifs is 1. The van der Waals surface area contributed by atoms with Crippen LogP contribution in [0.4, 0.5) is 0 Å². The first kappa shape index (κ1) is 12.6. The Labute approximate surface area is 105 Å². The van der Waals surface area contributed by atoms with Crippen LogP contribution in [0.25, 0.3) is 0 Å². The highest BCUT2D eigenvalue weighted by Gasteiger charge is 2.22. The molecule has 2 nitrogen and oxygen atoms in total. The summed E-state index contributed by atoms with van der Waals surface area (Å²) < 4.78 is 0. The molecule has 0 spiro atoms. The lowest BCUT2D eigenvalue weighted by Gasteiger charge is -2.29. The van der Waals surface area contributed by atoms with Crippen molar-refractivity contribution in [2.24, 2.45) is 0 Å². The standard InChI is InChI=1S/C15H24N2/c1-3-7-13(4-2)17-14-10-5-8-12-9-6-11-16-15(12)14/h6,9,11,13-14,17H,3-5,7-8,10H2,1-2H3. The van der Waals surface area contributed by atoms with Gasteiger partial charge in [-0.2, -0.15) is 0 Å². The van der Waals surface area contributed by atoms with Crippen molar-refractivity contribution in [3.63, 3.8) is 0 Å². The summed E-state index contributed by atoms with van der Waals surface area (Å²) in [6, 6.07) is 5.43. The Morgan fingerprint density at radius 1 is 1.47 bits per heavy atom. The van der Waals surface area contributed by atoms with Crippen molar-refractivity contribution in [3.8, 4) is 0 Å². The molecule has 0 amide bonds. The lowest BCUT2D eigenvalue weighted by molar-refractivity contribution is 0.364. The maximum absolute atomic E-state index is 4.59. The Balaban J connectivity index is 2.07. The van der Waals surface area contributed by atoms with Crippen LogP contribution in [0.5, 0.6) is 0 Å². The molecule has 2 atom stereocenters. The van der Waals surface area contributed by atoms with Crippen LogP contribution >= 0.6 is 0 Å². The fourth-order valence-corrected chi connectivity index (χ4v) is 2.81. The smallest absolute Gasteiger partial charge is 0.0605 e. The maximum Gasteiger partial charge on any atom is 0.0605 e. The van der Waals surface area contributed by atoms with E-state index in [1.807, 2.05) is 6.20 Å². The van der Waals surface area contributed by atoms with Gasteiger partial charge in [-0.15, -0.1) is 0 Å². The molecule has 2 unspecified atom stereocenters. The molecule has 2 rings (SSSR count). The van der Waals surface area contributed by atoms with Crippen LogP contribution in [0.3, 0.4) is 0 Å². The molecule has 0 saturated heterocycles. The van der Waals surface area contributed by atoms with Crippen molar-refractivity contribution >= 4 is 0 Å². The van der Waals surface area contributed by atoms with Crippen molar-refractivity contribution in [2.45, 2.75) is 64.5 Å². The van der Waals surface area contributed by atoms with Crippen LogP contribution in [-0.2, 0) is 6.42 Å². The van der Waals surface area contributed by atoms with Gasteiger partial charge in [0.1, 0.15) is 0 Å². The van der Waals surface area contributed by atoms with Crippen molar-refractivity contribution in [3.05, 3.63) is 29.6 Å². The second-order valence-corrected chi connectivity index (χ2v) is 5.05. The molecule has 1 aliphatic rings. The molecular formula is C15H24N2. The highest BCUT2D eigenvalue weighted by atomic mass is 15.0. The number of aryl methyl sites for hydroxylation is 1.